The average molecular weight is 388 g/mol. The molecule has 0 fully saturated rings. The van der Waals surface area contributed by atoms with Crippen molar-refractivity contribution in [2.45, 2.75) is 23.9 Å². The quantitative estimate of drug-likeness (QED) is 0.564. The standard InChI is InChI=1S/C12H13BrCl2O3S/c1-3-12(13,19(17,18)4-2)11(16)9-6-5-8(14)7-10(9)15/h5-7H,3-4H2,1-2H3. The number of benzene rings is 1. The van der Waals surface area contributed by atoms with Gasteiger partial charge in [-0.1, -0.05) is 53.0 Å². The summed E-state index contributed by atoms with van der Waals surface area (Å²) in [5.74, 6) is -0.707. The number of rotatable bonds is 5. The normalized spacial score (nSPS) is 15.0. The molecule has 1 aromatic carbocycles. The van der Waals surface area contributed by atoms with Gasteiger partial charge in [0.1, 0.15) is 0 Å². The van der Waals surface area contributed by atoms with Gasteiger partial charge in [0.2, 0.25) is 0 Å². The first-order valence-electron chi connectivity index (χ1n) is 5.60. The molecule has 0 bridgehead atoms. The predicted molar refractivity (Wildman–Crippen MR) is 82.2 cm³/mol. The lowest BCUT2D eigenvalue weighted by Gasteiger charge is -2.24. The minimum atomic E-state index is -3.61. The van der Waals surface area contributed by atoms with Crippen LogP contribution in [-0.2, 0) is 9.84 Å². The largest absolute Gasteiger partial charge is 0.291 e. The summed E-state index contributed by atoms with van der Waals surface area (Å²) in [7, 11) is -3.61. The lowest BCUT2D eigenvalue weighted by molar-refractivity contribution is 0.0976. The third-order valence-corrected chi connectivity index (χ3v) is 8.01. The number of hydrogen-bond donors (Lipinski definition) is 0. The first-order valence-corrected chi connectivity index (χ1v) is 8.80. The Morgan fingerprint density at radius 2 is 1.89 bits per heavy atom. The second-order valence-corrected chi connectivity index (χ2v) is 9.16. The highest BCUT2D eigenvalue weighted by Gasteiger charge is 2.46. The summed E-state index contributed by atoms with van der Waals surface area (Å²) in [5, 5.41) is 0.526. The Hall–Kier alpha value is -0.100. The molecule has 19 heavy (non-hydrogen) atoms. The highest BCUT2D eigenvalue weighted by molar-refractivity contribution is 9.12. The van der Waals surface area contributed by atoms with E-state index in [0.29, 0.717) is 5.02 Å². The summed E-state index contributed by atoms with van der Waals surface area (Å²) in [6.45, 7) is 3.13. The second-order valence-electron chi connectivity index (χ2n) is 3.94. The van der Waals surface area contributed by atoms with Crippen molar-refractivity contribution in [1.29, 1.82) is 0 Å². The van der Waals surface area contributed by atoms with Crippen LogP contribution in [0.25, 0.3) is 0 Å². The Morgan fingerprint density at radius 3 is 2.32 bits per heavy atom. The zero-order chi connectivity index (χ0) is 14.8. The van der Waals surface area contributed by atoms with Gasteiger partial charge in [-0.2, -0.15) is 0 Å². The van der Waals surface area contributed by atoms with Crippen LogP contribution in [-0.4, -0.2) is 23.6 Å². The number of ketones is 1. The van der Waals surface area contributed by atoms with Crippen molar-refractivity contribution in [3.8, 4) is 0 Å². The number of carbonyl (C=O) groups is 1. The molecule has 1 rings (SSSR count). The molecule has 0 aliphatic heterocycles. The molecule has 0 saturated carbocycles. The summed E-state index contributed by atoms with van der Waals surface area (Å²) < 4.78 is 22.6. The molecular formula is C12H13BrCl2O3S. The predicted octanol–water partition coefficient (Wildman–Crippen LogP) is 4.11. The first kappa shape index (κ1) is 17.0. The van der Waals surface area contributed by atoms with Crippen LogP contribution in [0.5, 0.6) is 0 Å². The highest BCUT2D eigenvalue weighted by Crippen LogP contribution is 2.36. The molecule has 7 heteroatoms. The number of halogens is 3. The maximum atomic E-state index is 12.5. The number of Topliss-reactive ketones (excluding diaryl/α,β-unsaturated/α-hetero) is 1. The molecule has 0 radical (unpaired) electrons. The molecule has 106 valence electrons. The summed E-state index contributed by atoms with van der Waals surface area (Å²) in [4.78, 5) is 12.5. The zero-order valence-corrected chi connectivity index (χ0v) is 14.3. The van der Waals surface area contributed by atoms with Crippen molar-refractivity contribution in [3.05, 3.63) is 33.8 Å². The molecule has 0 aliphatic carbocycles. The molecule has 0 amide bonds. The van der Waals surface area contributed by atoms with E-state index < -0.39 is 19.3 Å². The van der Waals surface area contributed by atoms with E-state index in [9.17, 15) is 13.2 Å². The van der Waals surface area contributed by atoms with E-state index in [1.807, 2.05) is 0 Å². The van der Waals surface area contributed by atoms with Gasteiger partial charge in [-0.3, -0.25) is 4.79 Å². The smallest absolute Gasteiger partial charge is 0.196 e. The van der Waals surface area contributed by atoms with Gasteiger partial charge in [-0.05, 0) is 24.6 Å². The van der Waals surface area contributed by atoms with E-state index in [1.165, 1.54) is 25.1 Å². The molecule has 0 aliphatic rings. The number of alkyl halides is 1. The number of sulfone groups is 1. The number of hydrogen-bond acceptors (Lipinski definition) is 3. The summed E-state index contributed by atoms with van der Waals surface area (Å²) in [6.07, 6.45) is 0.112. The summed E-state index contributed by atoms with van der Waals surface area (Å²) in [5.41, 5.74) is 0.141. The SMILES string of the molecule is CCC(Br)(C(=O)c1ccc(Cl)cc1Cl)S(=O)(=O)CC. The molecule has 0 aromatic heterocycles. The van der Waals surface area contributed by atoms with Crippen LogP contribution in [0.1, 0.15) is 30.6 Å². The fraction of sp³-hybridized carbons (Fsp3) is 0.417. The summed E-state index contributed by atoms with van der Waals surface area (Å²) in [6, 6.07) is 4.35. The van der Waals surface area contributed by atoms with E-state index in [0.717, 1.165) is 0 Å². The van der Waals surface area contributed by atoms with Gasteiger partial charge in [-0.25, -0.2) is 8.42 Å². The van der Waals surface area contributed by atoms with Crippen LogP contribution >= 0.6 is 39.1 Å². The van der Waals surface area contributed by atoms with Crippen LogP contribution in [0.3, 0.4) is 0 Å². The van der Waals surface area contributed by atoms with E-state index >= 15 is 0 Å². The number of carbonyl (C=O) groups excluding carboxylic acids is 1. The van der Waals surface area contributed by atoms with Gasteiger partial charge in [0, 0.05) is 16.3 Å². The van der Waals surface area contributed by atoms with Crippen molar-refractivity contribution in [1.82, 2.24) is 0 Å². The van der Waals surface area contributed by atoms with Crippen LogP contribution < -0.4 is 0 Å². The van der Waals surface area contributed by atoms with Crippen molar-refractivity contribution in [2.24, 2.45) is 0 Å². The van der Waals surface area contributed by atoms with Crippen LogP contribution in [0.4, 0.5) is 0 Å². The Bertz CT molecular complexity index is 601. The zero-order valence-electron chi connectivity index (χ0n) is 10.4. The Balaban J connectivity index is 3.38. The van der Waals surface area contributed by atoms with Crippen LogP contribution in [0, 0.1) is 0 Å². The molecule has 0 saturated heterocycles. The van der Waals surface area contributed by atoms with E-state index in [1.54, 1.807) is 6.92 Å². The van der Waals surface area contributed by atoms with Crippen LogP contribution in [0.15, 0.2) is 18.2 Å². The van der Waals surface area contributed by atoms with Gasteiger partial charge in [0.15, 0.2) is 19.3 Å². The van der Waals surface area contributed by atoms with Crippen molar-refractivity contribution in [2.75, 3.05) is 5.75 Å². The molecule has 0 heterocycles. The van der Waals surface area contributed by atoms with E-state index in [2.05, 4.69) is 15.9 Å². The average Bonchev–Trinajstić information content (AvgIpc) is 2.36. The molecular weight excluding hydrogens is 375 g/mol. The van der Waals surface area contributed by atoms with Crippen molar-refractivity contribution < 1.29 is 13.2 Å². The molecule has 0 spiro atoms. The van der Waals surface area contributed by atoms with Gasteiger partial charge in [-0.15, -0.1) is 0 Å². The molecule has 1 atom stereocenters. The lowest BCUT2D eigenvalue weighted by Crippen LogP contribution is -2.41. The van der Waals surface area contributed by atoms with Crippen molar-refractivity contribution >= 4 is 54.8 Å². The van der Waals surface area contributed by atoms with Gasteiger partial charge >= 0.3 is 0 Å². The molecule has 3 nitrogen and oxygen atoms in total. The summed E-state index contributed by atoms with van der Waals surface area (Å²) >= 11 is 14.8. The highest BCUT2D eigenvalue weighted by atomic mass is 79.9. The minimum Gasteiger partial charge on any atom is -0.291 e. The molecule has 0 N–H and O–H groups in total. The third-order valence-electron chi connectivity index (χ3n) is 2.84. The first-order chi connectivity index (χ1) is 8.69. The maximum absolute atomic E-state index is 12.5. The molecule has 1 aromatic rings. The topological polar surface area (TPSA) is 51.2 Å². The van der Waals surface area contributed by atoms with Gasteiger partial charge in [0.05, 0.1) is 5.02 Å². The maximum Gasteiger partial charge on any atom is 0.196 e. The molecule has 1 unspecified atom stereocenters. The third kappa shape index (κ3) is 3.15. The van der Waals surface area contributed by atoms with Gasteiger partial charge < -0.3 is 0 Å². The fourth-order valence-electron chi connectivity index (χ4n) is 1.63. The van der Waals surface area contributed by atoms with E-state index in [-0.39, 0.29) is 22.8 Å². The van der Waals surface area contributed by atoms with Crippen molar-refractivity contribution in [3.63, 3.8) is 0 Å². The minimum absolute atomic E-state index is 0.112. The Kier molecular flexibility index (Phi) is 5.46. The van der Waals surface area contributed by atoms with Gasteiger partial charge in [0.25, 0.3) is 0 Å². The Morgan fingerprint density at radius 1 is 1.32 bits per heavy atom. The fourth-order valence-corrected chi connectivity index (χ4v) is 4.31. The Labute approximate surface area is 131 Å². The van der Waals surface area contributed by atoms with Crippen LogP contribution in [0.2, 0.25) is 10.0 Å². The lowest BCUT2D eigenvalue weighted by atomic mass is 10.1. The van der Waals surface area contributed by atoms with E-state index in [4.69, 9.17) is 23.2 Å². The monoisotopic (exact) mass is 386 g/mol. The second kappa shape index (κ2) is 6.12.